The first-order valence-electron chi connectivity index (χ1n) is 7.71. The molecule has 0 saturated heterocycles. The normalized spacial score (nSPS) is 11.8. The Morgan fingerprint density at radius 1 is 1.10 bits per heavy atom. The van der Waals surface area contributed by atoms with Gasteiger partial charge in [0.15, 0.2) is 0 Å². The average Bonchev–Trinajstić information content (AvgIpc) is 2.90. The van der Waals surface area contributed by atoms with E-state index in [0.717, 1.165) is 31.6 Å². The van der Waals surface area contributed by atoms with Crippen LogP contribution in [0.4, 0.5) is 0 Å². The number of hydrogen-bond donors (Lipinski definition) is 1. The van der Waals surface area contributed by atoms with Gasteiger partial charge in [0, 0.05) is 24.8 Å². The molecule has 0 spiro atoms. The number of unbranched alkanes of at least 4 members (excludes halogenated alkanes) is 1. The molecule has 0 saturated carbocycles. The zero-order valence-corrected chi connectivity index (χ0v) is 13.3. The Bertz CT molecular complexity index is 525. The fraction of sp³-hybridized carbons (Fsp3) is 0.529. The van der Waals surface area contributed by atoms with E-state index in [4.69, 9.17) is 0 Å². The van der Waals surface area contributed by atoms with Crippen molar-refractivity contribution in [3.63, 3.8) is 0 Å². The summed E-state index contributed by atoms with van der Waals surface area (Å²) in [5.41, 5.74) is 2.53. The van der Waals surface area contributed by atoms with Crippen LogP contribution in [0.3, 0.4) is 0 Å². The highest BCUT2D eigenvalue weighted by atomic mass is 15.4. The Balaban J connectivity index is 1.68. The third-order valence-electron chi connectivity index (χ3n) is 3.33. The van der Waals surface area contributed by atoms with Gasteiger partial charge in [0.1, 0.15) is 0 Å². The predicted molar refractivity (Wildman–Crippen MR) is 86.0 cm³/mol. The van der Waals surface area contributed by atoms with Gasteiger partial charge in [0.05, 0.1) is 5.69 Å². The highest BCUT2D eigenvalue weighted by Gasteiger charge is 2.09. The Labute approximate surface area is 127 Å². The fourth-order valence-corrected chi connectivity index (χ4v) is 2.13. The van der Waals surface area contributed by atoms with Crippen molar-refractivity contribution in [1.82, 2.24) is 20.3 Å². The van der Waals surface area contributed by atoms with E-state index in [1.807, 2.05) is 10.9 Å². The number of nitrogens with zero attached hydrogens (tertiary/aromatic N) is 3. The van der Waals surface area contributed by atoms with Crippen LogP contribution in [-0.4, -0.2) is 20.5 Å². The monoisotopic (exact) mass is 286 g/mol. The van der Waals surface area contributed by atoms with E-state index in [2.05, 4.69) is 66.7 Å². The first kappa shape index (κ1) is 15.7. The molecule has 0 aliphatic carbocycles. The van der Waals surface area contributed by atoms with Crippen molar-refractivity contribution < 1.29 is 0 Å². The molecule has 0 aliphatic rings. The van der Waals surface area contributed by atoms with Crippen molar-refractivity contribution in [2.24, 2.45) is 0 Å². The Kier molecular flexibility index (Phi) is 5.51. The van der Waals surface area contributed by atoms with Gasteiger partial charge in [-0.25, -0.2) is 0 Å². The van der Waals surface area contributed by atoms with Crippen LogP contribution < -0.4 is 5.32 Å². The summed E-state index contributed by atoms with van der Waals surface area (Å²) < 4.78 is 1.95. The molecule has 0 fully saturated rings. The first-order chi connectivity index (χ1) is 10.0. The van der Waals surface area contributed by atoms with Gasteiger partial charge in [-0.1, -0.05) is 35.5 Å². The second-order valence-electron chi connectivity index (χ2n) is 6.52. The Morgan fingerprint density at radius 3 is 2.57 bits per heavy atom. The topological polar surface area (TPSA) is 42.7 Å². The summed E-state index contributed by atoms with van der Waals surface area (Å²) in [6.45, 7) is 8.17. The molecular formula is C17H26N4. The summed E-state index contributed by atoms with van der Waals surface area (Å²) >= 11 is 0. The molecule has 2 aromatic rings. The second kappa shape index (κ2) is 7.36. The van der Waals surface area contributed by atoms with Crippen molar-refractivity contribution in [2.75, 3.05) is 0 Å². The molecule has 4 heteroatoms. The van der Waals surface area contributed by atoms with Gasteiger partial charge in [-0.05, 0) is 45.6 Å². The van der Waals surface area contributed by atoms with E-state index in [-0.39, 0.29) is 5.54 Å². The SMILES string of the molecule is CC(C)(C)NCc1cn(CCCCc2ccccc2)nn1. The maximum atomic E-state index is 4.21. The molecule has 0 aliphatic heterocycles. The van der Waals surface area contributed by atoms with Gasteiger partial charge in [-0.15, -0.1) is 5.10 Å². The van der Waals surface area contributed by atoms with Crippen LogP contribution in [0.15, 0.2) is 36.5 Å². The van der Waals surface area contributed by atoms with Gasteiger partial charge in [0.25, 0.3) is 0 Å². The van der Waals surface area contributed by atoms with Crippen molar-refractivity contribution >= 4 is 0 Å². The lowest BCUT2D eigenvalue weighted by Gasteiger charge is -2.19. The number of aromatic nitrogens is 3. The second-order valence-corrected chi connectivity index (χ2v) is 6.52. The van der Waals surface area contributed by atoms with Gasteiger partial charge >= 0.3 is 0 Å². The zero-order valence-electron chi connectivity index (χ0n) is 13.3. The average molecular weight is 286 g/mol. The van der Waals surface area contributed by atoms with Crippen LogP contribution >= 0.6 is 0 Å². The summed E-state index contributed by atoms with van der Waals surface area (Å²) in [4.78, 5) is 0. The molecule has 1 aromatic carbocycles. The van der Waals surface area contributed by atoms with E-state index in [1.54, 1.807) is 0 Å². The Morgan fingerprint density at radius 2 is 1.86 bits per heavy atom. The summed E-state index contributed by atoms with van der Waals surface area (Å²) in [6, 6.07) is 10.6. The van der Waals surface area contributed by atoms with Gasteiger partial charge in [0.2, 0.25) is 0 Å². The van der Waals surface area contributed by atoms with Crippen LogP contribution in [-0.2, 0) is 19.5 Å². The molecule has 1 N–H and O–H groups in total. The van der Waals surface area contributed by atoms with E-state index >= 15 is 0 Å². The molecule has 1 aromatic heterocycles. The lowest BCUT2D eigenvalue weighted by atomic mass is 10.1. The third kappa shape index (κ3) is 6.08. The summed E-state index contributed by atoms with van der Waals surface area (Å²) in [6.07, 6.45) is 5.49. The van der Waals surface area contributed by atoms with Crippen molar-refractivity contribution in [2.45, 2.75) is 58.7 Å². The lowest BCUT2D eigenvalue weighted by molar-refractivity contribution is 0.421. The highest BCUT2D eigenvalue weighted by Crippen LogP contribution is 2.06. The molecule has 114 valence electrons. The molecule has 0 atom stereocenters. The van der Waals surface area contributed by atoms with Crippen LogP contribution in [0.1, 0.15) is 44.9 Å². The number of rotatable bonds is 7. The van der Waals surface area contributed by atoms with Crippen LogP contribution in [0.2, 0.25) is 0 Å². The van der Waals surface area contributed by atoms with Gasteiger partial charge in [-0.2, -0.15) is 0 Å². The minimum Gasteiger partial charge on any atom is -0.306 e. The molecule has 1 heterocycles. The van der Waals surface area contributed by atoms with E-state index < -0.39 is 0 Å². The summed E-state index contributed by atoms with van der Waals surface area (Å²) in [5, 5.41) is 11.8. The maximum absolute atomic E-state index is 4.21. The molecule has 0 unspecified atom stereocenters. The number of aryl methyl sites for hydroxylation is 2. The first-order valence-corrected chi connectivity index (χ1v) is 7.71. The van der Waals surface area contributed by atoms with Crippen molar-refractivity contribution in [3.8, 4) is 0 Å². The van der Waals surface area contributed by atoms with Gasteiger partial charge < -0.3 is 5.32 Å². The molecule has 21 heavy (non-hydrogen) atoms. The Hall–Kier alpha value is -1.68. The minimum absolute atomic E-state index is 0.111. The third-order valence-corrected chi connectivity index (χ3v) is 3.33. The lowest BCUT2D eigenvalue weighted by Crippen LogP contribution is -2.35. The smallest absolute Gasteiger partial charge is 0.0965 e. The maximum Gasteiger partial charge on any atom is 0.0965 e. The summed E-state index contributed by atoms with van der Waals surface area (Å²) in [7, 11) is 0. The fourth-order valence-electron chi connectivity index (χ4n) is 2.13. The largest absolute Gasteiger partial charge is 0.306 e. The quantitative estimate of drug-likeness (QED) is 0.795. The minimum atomic E-state index is 0.111. The van der Waals surface area contributed by atoms with E-state index in [0.29, 0.717) is 0 Å². The molecular weight excluding hydrogens is 260 g/mol. The van der Waals surface area contributed by atoms with Crippen LogP contribution in [0, 0.1) is 0 Å². The van der Waals surface area contributed by atoms with Crippen molar-refractivity contribution in [3.05, 3.63) is 47.8 Å². The van der Waals surface area contributed by atoms with Crippen molar-refractivity contribution in [1.29, 1.82) is 0 Å². The van der Waals surface area contributed by atoms with Crippen LogP contribution in [0.5, 0.6) is 0 Å². The van der Waals surface area contributed by atoms with E-state index in [9.17, 15) is 0 Å². The highest BCUT2D eigenvalue weighted by molar-refractivity contribution is 5.14. The van der Waals surface area contributed by atoms with Gasteiger partial charge in [-0.3, -0.25) is 4.68 Å². The van der Waals surface area contributed by atoms with E-state index in [1.165, 1.54) is 12.0 Å². The molecule has 0 radical (unpaired) electrons. The molecule has 4 nitrogen and oxygen atoms in total. The number of nitrogens with one attached hydrogen (secondary N) is 1. The zero-order chi connectivity index (χ0) is 15.1. The number of benzene rings is 1. The summed E-state index contributed by atoms with van der Waals surface area (Å²) in [5.74, 6) is 0. The molecule has 0 bridgehead atoms. The number of hydrogen-bond acceptors (Lipinski definition) is 3. The molecule has 0 amide bonds. The standard InChI is InChI=1S/C17H26N4/c1-17(2,3)18-13-16-14-21(20-19-16)12-8-7-11-15-9-5-4-6-10-15/h4-6,9-10,14,18H,7-8,11-13H2,1-3H3. The predicted octanol–water partition coefficient (Wildman–Crippen LogP) is 3.19. The molecule has 2 rings (SSSR count). The van der Waals surface area contributed by atoms with Crippen LogP contribution in [0.25, 0.3) is 0 Å².